The molecule has 2 aliphatic heterocycles. The van der Waals surface area contributed by atoms with Gasteiger partial charge in [-0.15, -0.1) is 0 Å². The van der Waals surface area contributed by atoms with E-state index in [1.807, 2.05) is 24.3 Å². The first-order valence-electron chi connectivity index (χ1n) is 13.3. The van der Waals surface area contributed by atoms with Gasteiger partial charge in [0.2, 0.25) is 0 Å². The minimum absolute atomic E-state index is 0.0287. The molecule has 2 bridgehead atoms. The maximum Gasteiger partial charge on any atom is 0.410 e. The van der Waals surface area contributed by atoms with Gasteiger partial charge in [-0.05, 0) is 62.3 Å². The van der Waals surface area contributed by atoms with Gasteiger partial charge < -0.3 is 24.4 Å². The number of nitrogens with zero attached hydrogens (tertiary/aromatic N) is 1. The lowest BCUT2D eigenvalue weighted by atomic mass is 9.73. The fourth-order valence-electron chi connectivity index (χ4n) is 6.43. The first kappa shape index (κ1) is 26.1. The highest BCUT2D eigenvalue weighted by atomic mass is 16.6. The molecule has 5 rings (SSSR count). The lowest BCUT2D eigenvalue weighted by Crippen LogP contribution is -2.68. The molecule has 2 unspecified atom stereocenters. The number of benzene rings is 2. The second-order valence-corrected chi connectivity index (χ2v) is 11.6. The standard InChI is InChI=1S/C30H36N2O6/c1-29(2,3)38-27(34)31-30(26(33)36-4)16-19-10-9-11-20(17-30)32(19)28(35)37-18-25-23-14-7-5-12-21(23)22-13-6-8-15-24(22)25/h5-8,12-15,19-20,25H,9-11,16-18H2,1-4H3,(H,31,34). The highest BCUT2D eigenvalue weighted by Crippen LogP contribution is 2.45. The van der Waals surface area contributed by atoms with Gasteiger partial charge in [-0.25, -0.2) is 14.4 Å². The van der Waals surface area contributed by atoms with Gasteiger partial charge in [-0.1, -0.05) is 48.5 Å². The van der Waals surface area contributed by atoms with Crippen LogP contribution < -0.4 is 5.32 Å². The maximum atomic E-state index is 13.5. The predicted octanol–water partition coefficient (Wildman–Crippen LogP) is 5.39. The van der Waals surface area contributed by atoms with Gasteiger partial charge in [0.25, 0.3) is 0 Å². The smallest absolute Gasteiger partial charge is 0.410 e. The molecule has 2 fully saturated rings. The van der Waals surface area contributed by atoms with Crippen LogP contribution in [0.5, 0.6) is 0 Å². The number of piperidine rings is 2. The summed E-state index contributed by atoms with van der Waals surface area (Å²) in [5.74, 6) is -0.550. The van der Waals surface area contributed by atoms with Crippen molar-refractivity contribution in [3.63, 3.8) is 0 Å². The van der Waals surface area contributed by atoms with E-state index in [9.17, 15) is 14.4 Å². The van der Waals surface area contributed by atoms with Crippen molar-refractivity contribution < 1.29 is 28.6 Å². The SMILES string of the molecule is COC(=O)C1(NC(=O)OC(C)(C)C)CC2CCCC(C1)N2C(=O)OCC1c2ccccc2-c2ccccc21. The first-order chi connectivity index (χ1) is 18.1. The monoisotopic (exact) mass is 520 g/mol. The summed E-state index contributed by atoms with van der Waals surface area (Å²) < 4.78 is 16.5. The van der Waals surface area contributed by atoms with Crippen molar-refractivity contribution in [2.24, 2.45) is 0 Å². The molecule has 38 heavy (non-hydrogen) atoms. The topological polar surface area (TPSA) is 94.2 Å². The molecule has 202 valence electrons. The highest BCUT2D eigenvalue weighted by Gasteiger charge is 2.54. The summed E-state index contributed by atoms with van der Waals surface area (Å²) in [6.07, 6.45) is 1.82. The van der Waals surface area contributed by atoms with Crippen molar-refractivity contribution in [3.8, 4) is 11.1 Å². The molecule has 0 radical (unpaired) electrons. The number of nitrogens with one attached hydrogen (secondary N) is 1. The van der Waals surface area contributed by atoms with Crippen LogP contribution in [0, 0.1) is 0 Å². The van der Waals surface area contributed by atoms with Crippen molar-refractivity contribution in [3.05, 3.63) is 59.7 Å². The molecule has 3 aliphatic rings. The van der Waals surface area contributed by atoms with Crippen molar-refractivity contribution in [1.29, 1.82) is 0 Å². The lowest BCUT2D eigenvalue weighted by molar-refractivity contribution is -0.154. The van der Waals surface area contributed by atoms with Gasteiger partial charge >= 0.3 is 18.2 Å². The van der Waals surface area contributed by atoms with Gasteiger partial charge in [0.05, 0.1) is 7.11 Å². The summed E-state index contributed by atoms with van der Waals surface area (Å²) in [6, 6.07) is 16.0. The zero-order chi connectivity index (χ0) is 27.1. The molecule has 2 atom stereocenters. The second kappa shape index (κ2) is 9.97. The number of esters is 1. The molecule has 2 aromatic rings. The van der Waals surface area contributed by atoms with Gasteiger partial charge in [0, 0.05) is 30.8 Å². The van der Waals surface area contributed by atoms with Crippen LogP contribution in [0.15, 0.2) is 48.5 Å². The minimum atomic E-state index is -1.26. The number of alkyl carbamates (subject to hydrolysis) is 1. The Balaban J connectivity index is 1.32. The Labute approximate surface area is 223 Å². The summed E-state index contributed by atoms with van der Waals surface area (Å²) in [5, 5.41) is 2.81. The Morgan fingerprint density at radius 3 is 2.03 bits per heavy atom. The Hall–Kier alpha value is -3.55. The van der Waals surface area contributed by atoms with Gasteiger partial charge in [0.15, 0.2) is 0 Å². The summed E-state index contributed by atoms with van der Waals surface area (Å²) in [6.45, 7) is 5.55. The largest absolute Gasteiger partial charge is 0.467 e. The molecule has 0 aromatic heterocycles. The van der Waals surface area contributed by atoms with E-state index in [0.29, 0.717) is 0 Å². The number of hydrogen-bond acceptors (Lipinski definition) is 6. The number of carbonyl (C=O) groups excluding carboxylic acids is 3. The Morgan fingerprint density at radius 1 is 0.947 bits per heavy atom. The fourth-order valence-corrected chi connectivity index (χ4v) is 6.43. The summed E-state index contributed by atoms with van der Waals surface area (Å²) >= 11 is 0. The average Bonchev–Trinajstić information content (AvgIpc) is 3.18. The third-order valence-corrected chi connectivity index (χ3v) is 7.89. The summed E-state index contributed by atoms with van der Waals surface area (Å²) in [4.78, 5) is 41.0. The normalized spacial score (nSPS) is 24.2. The number of carbonyl (C=O) groups is 3. The van der Waals surface area contributed by atoms with Crippen LogP contribution in [0.2, 0.25) is 0 Å². The number of ether oxygens (including phenoxy) is 3. The Bertz CT molecular complexity index is 1180. The van der Waals surface area contributed by atoms with E-state index in [4.69, 9.17) is 14.2 Å². The third-order valence-electron chi connectivity index (χ3n) is 7.89. The Morgan fingerprint density at radius 2 is 1.50 bits per heavy atom. The number of rotatable bonds is 4. The molecule has 8 heteroatoms. The zero-order valence-corrected chi connectivity index (χ0v) is 22.5. The molecule has 2 amide bonds. The van der Waals surface area contributed by atoms with Gasteiger partial charge in [-0.2, -0.15) is 0 Å². The van der Waals surface area contributed by atoms with Crippen LogP contribution in [0.1, 0.15) is 69.9 Å². The summed E-state index contributed by atoms with van der Waals surface area (Å²) in [7, 11) is 1.31. The molecule has 2 heterocycles. The third kappa shape index (κ3) is 4.84. The first-order valence-corrected chi connectivity index (χ1v) is 13.3. The van der Waals surface area contributed by atoms with Crippen LogP contribution in [-0.2, 0) is 19.0 Å². The van der Waals surface area contributed by atoms with E-state index in [1.54, 1.807) is 25.7 Å². The molecular weight excluding hydrogens is 484 g/mol. The van der Waals surface area contributed by atoms with E-state index >= 15 is 0 Å². The van der Waals surface area contributed by atoms with E-state index in [1.165, 1.54) is 18.2 Å². The maximum absolute atomic E-state index is 13.5. The zero-order valence-electron chi connectivity index (χ0n) is 22.5. The average molecular weight is 521 g/mol. The van der Waals surface area contributed by atoms with Crippen molar-refractivity contribution in [2.75, 3.05) is 13.7 Å². The van der Waals surface area contributed by atoms with E-state index in [-0.39, 0.29) is 43.5 Å². The molecular formula is C30H36N2O6. The van der Waals surface area contributed by atoms with Crippen LogP contribution >= 0.6 is 0 Å². The number of methoxy groups -OCH3 is 1. The molecule has 2 aromatic carbocycles. The Kier molecular flexibility index (Phi) is 6.84. The quantitative estimate of drug-likeness (QED) is 0.429. The van der Waals surface area contributed by atoms with Crippen molar-refractivity contribution >= 4 is 18.2 Å². The van der Waals surface area contributed by atoms with Crippen LogP contribution in [-0.4, -0.2) is 60.0 Å². The number of hydrogen-bond donors (Lipinski definition) is 1. The molecule has 2 saturated heterocycles. The molecule has 0 saturated carbocycles. The van der Waals surface area contributed by atoms with Crippen LogP contribution in [0.3, 0.4) is 0 Å². The molecule has 1 N–H and O–H groups in total. The molecule has 8 nitrogen and oxygen atoms in total. The number of amides is 2. The fraction of sp³-hybridized carbons (Fsp3) is 0.500. The van der Waals surface area contributed by atoms with E-state index < -0.39 is 23.2 Å². The van der Waals surface area contributed by atoms with Gasteiger partial charge in [0.1, 0.15) is 17.7 Å². The van der Waals surface area contributed by atoms with Gasteiger partial charge in [-0.3, -0.25) is 0 Å². The number of fused-ring (bicyclic) bond motifs is 5. The van der Waals surface area contributed by atoms with E-state index in [0.717, 1.165) is 30.4 Å². The molecule has 1 aliphatic carbocycles. The minimum Gasteiger partial charge on any atom is -0.467 e. The second-order valence-electron chi connectivity index (χ2n) is 11.6. The van der Waals surface area contributed by atoms with Crippen molar-refractivity contribution in [1.82, 2.24) is 10.2 Å². The highest BCUT2D eigenvalue weighted by molar-refractivity contribution is 5.87. The lowest BCUT2D eigenvalue weighted by Gasteiger charge is -2.51. The van der Waals surface area contributed by atoms with Crippen LogP contribution in [0.4, 0.5) is 9.59 Å². The van der Waals surface area contributed by atoms with Crippen LogP contribution in [0.25, 0.3) is 11.1 Å². The van der Waals surface area contributed by atoms with Crippen molar-refractivity contribution in [2.45, 2.75) is 82.0 Å². The van der Waals surface area contributed by atoms with E-state index in [2.05, 4.69) is 29.6 Å². The predicted molar refractivity (Wildman–Crippen MR) is 142 cm³/mol. The molecule has 0 spiro atoms. The summed E-state index contributed by atoms with van der Waals surface area (Å²) in [5.41, 5.74) is 2.70.